The lowest BCUT2D eigenvalue weighted by molar-refractivity contribution is -0.515. The van der Waals surface area contributed by atoms with Gasteiger partial charge in [0.25, 0.3) is 6.04 Å². The molecule has 0 aromatic heterocycles. The molecule has 1 heterocycles. The van der Waals surface area contributed by atoms with E-state index >= 15 is 0 Å². The summed E-state index contributed by atoms with van der Waals surface area (Å²) in [6.07, 6.45) is 0. The number of nitrogens with zero attached hydrogens (tertiary/aromatic N) is 1. The van der Waals surface area contributed by atoms with Crippen LogP contribution in [0.5, 0.6) is 0 Å². The van der Waals surface area contributed by atoms with Crippen molar-refractivity contribution >= 4 is 22.8 Å². The monoisotopic (exact) mass is 195 g/mol. The molecule has 0 radical (unpaired) electrons. The van der Waals surface area contributed by atoms with Crippen LogP contribution in [0.2, 0.25) is 0 Å². The van der Waals surface area contributed by atoms with E-state index in [-0.39, 0.29) is 18.4 Å². The third-order valence-corrected chi connectivity index (χ3v) is 2.89. The molecule has 1 aliphatic rings. The largest absolute Gasteiger partial charge is 1.00 e. The highest BCUT2D eigenvalue weighted by Gasteiger charge is 2.34. The van der Waals surface area contributed by atoms with Crippen molar-refractivity contribution in [2.75, 3.05) is 12.8 Å². The van der Waals surface area contributed by atoms with Crippen LogP contribution in [0, 0.1) is 0 Å². The minimum Gasteiger partial charge on any atom is -1.00 e. The fourth-order valence-electron chi connectivity index (χ4n) is 0.870. The first-order valence-electron chi connectivity index (χ1n) is 3.05. The first-order chi connectivity index (χ1) is 4.63. The van der Waals surface area contributed by atoms with Gasteiger partial charge in [-0.3, -0.25) is 0 Å². The minimum absolute atomic E-state index is 0. The summed E-state index contributed by atoms with van der Waals surface area (Å²) in [5, 5.41) is 9.72. The number of likely N-dealkylation sites (N-methyl/N-ethyl adjacent to an activating group) is 1. The van der Waals surface area contributed by atoms with Gasteiger partial charge in [0.05, 0.1) is 5.75 Å². The molecule has 5 heteroatoms. The average Bonchev–Trinajstić information content (AvgIpc) is 2.14. The third kappa shape index (κ3) is 2.10. The van der Waals surface area contributed by atoms with Gasteiger partial charge >= 0.3 is 5.97 Å². The smallest absolute Gasteiger partial charge is 0.373 e. The number of carboxylic acid groups (broad SMARTS) is 1. The molecule has 1 N–H and O–H groups in total. The molecule has 0 aromatic rings. The van der Waals surface area contributed by atoms with Gasteiger partial charge in [0.15, 0.2) is 0 Å². The lowest BCUT2D eigenvalue weighted by Gasteiger charge is -1.97. The predicted octanol–water partition coefficient (Wildman–Crippen LogP) is -2.75. The van der Waals surface area contributed by atoms with Gasteiger partial charge in [-0.25, -0.2) is 9.37 Å². The molecule has 0 saturated carbocycles. The number of aliphatic carboxylic acids is 1. The van der Waals surface area contributed by atoms with E-state index in [9.17, 15) is 4.79 Å². The van der Waals surface area contributed by atoms with Gasteiger partial charge in [-0.2, -0.15) is 0 Å². The highest BCUT2D eigenvalue weighted by molar-refractivity contribution is 8.13. The molecule has 0 spiro atoms. The highest BCUT2D eigenvalue weighted by atomic mass is 35.5. The Balaban J connectivity index is 0.000001000. The van der Waals surface area contributed by atoms with Crippen LogP contribution >= 0.6 is 11.8 Å². The molecule has 1 aliphatic heterocycles. The molecule has 3 nitrogen and oxygen atoms in total. The molecule has 0 saturated heterocycles. The van der Waals surface area contributed by atoms with Gasteiger partial charge < -0.3 is 17.5 Å². The molecular weight excluding hydrogens is 186 g/mol. The normalized spacial score (nSPS) is 23.3. The molecule has 1 unspecified atom stereocenters. The lowest BCUT2D eigenvalue weighted by Crippen LogP contribution is -3.00. The van der Waals surface area contributed by atoms with Gasteiger partial charge in [0, 0.05) is 6.92 Å². The van der Waals surface area contributed by atoms with Crippen LogP contribution in [0.25, 0.3) is 0 Å². The van der Waals surface area contributed by atoms with Crippen molar-refractivity contribution < 1.29 is 26.9 Å². The average molecular weight is 196 g/mol. The van der Waals surface area contributed by atoms with Crippen molar-refractivity contribution in [1.82, 2.24) is 0 Å². The number of rotatable bonds is 1. The van der Waals surface area contributed by atoms with E-state index < -0.39 is 5.97 Å². The summed E-state index contributed by atoms with van der Waals surface area (Å²) in [6.45, 7) is 1.94. The Bertz CT molecular complexity index is 205. The van der Waals surface area contributed by atoms with Crippen LogP contribution in [0.4, 0.5) is 0 Å². The zero-order valence-electron chi connectivity index (χ0n) is 6.37. The summed E-state index contributed by atoms with van der Waals surface area (Å²) in [6, 6.07) is -0.315. The van der Waals surface area contributed by atoms with E-state index in [0.717, 1.165) is 5.04 Å². The SMILES string of the molecule is CC1=[N+](C)C(C(=O)O)CS1.[Cl-]. The molecule has 0 bridgehead atoms. The summed E-state index contributed by atoms with van der Waals surface area (Å²) in [5.41, 5.74) is 0. The molecule has 1 atom stereocenters. The van der Waals surface area contributed by atoms with Crippen LogP contribution in [0.3, 0.4) is 0 Å². The Labute approximate surface area is 75.9 Å². The molecule has 0 fully saturated rings. The van der Waals surface area contributed by atoms with E-state index in [1.165, 1.54) is 0 Å². The fourth-order valence-corrected chi connectivity index (χ4v) is 1.97. The van der Waals surface area contributed by atoms with E-state index in [0.29, 0.717) is 5.75 Å². The van der Waals surface area contributed by atoms with Crippen LogP contribution in [0.15, 0.2) is 0 Å². The Morgan fingerprint density at radius 3 is 2.55 bits per heavy atom. The van der Waals surface area contributed by atoms with Gasteiger partial charge in [-0.1, -0.05) is 11.8 Å². The van der Waals surface area contributed by atoms with Crippen molar-refractivity contribution in [3.8, 4) is 0 Å². The zero-order chi connectivity index (χ0) is 7.72. The Hall–Kier alpha value is -0.220. The molecule has 11 heavy (non-hydrogen) atoms. The van der Waals surface area contributed by atoms with Gasteiger partial charge in [0.2, 0.25) is 5.04 Å². The zero-order valence-corrected chi connectivity index (χ0v) is 7.95. The van der Waals surface area contributed by atoms with E-state index in [1.54, 1.807) is 16.3 Å². The summed E-state index contributed by atoms with van der Waals surface area (Å²) < 4.78 is 1.80. The third-order valence-electron chi connectivity index (χ3n) is 1.70. The van der Waals surface area contributed by atoms with Crippen molar-refractivity contribution in [3.05, 3.63) is 0 Å². The van der Waals surface area contributed by atoms with Crippen LogP contribution in [0.1, 0.15) is 6.92 Å². The summed E-state index contributed by atoms with van der Waals surface area (Å²) in [4.78, 5) is 10.5. The number of carbonyl (C=O) groups is 1. The number of thioether (sulfide) groups is 1. The minimum atomic E-state index is -0.730. The summed E-state index contributed by atoms with van der Waals surface area (Å²) >= 11 is 1.60. The maximum atomic E-state index is 10.5. The van der Waals surface area contributed by atoms with Crippen LogP contribution in [-0.2, 0) is 4.79 Å². The van der Waals surface area contributed by atoms with Crippen molar-refractivity contribution in [3.63, 3.8) is 0 Å². The maximum absolute atomic E-state index is 10.5. The molecular formula is C6H10ClNO2S. The highest BCUT2D eigenvalue weighted by Crippen LogP contribution is 2.15. The number of halogens is 1. The van der Waals surface area contributed by atoms with Crippen LogP contribution in [-0.4, -0.2) is 39.5 Å². The van der Waals surface area contributed by atoms with Crippen molar-refractivity contribution in [2.24, 2.45) is 0 Å². The van der Waals surface area contributed by atoms with E-state index in [4.69, 9.17) is 5.11 Å². The standard InChI is InChI=1S/C6H9NO2S.ClH/c1-4-7(2)5(3-10-4)6(8)9;/h5H,3H2,1-2H3;1H. The van der Waals surface area contributed by atoms with E-state index in [1.807, 2.05) is 14.0 Å². The second-order valence-electron chi connectivity index (χ2n) is 2.29. The number of carboxylic acids is 1. The van der Waals surface area contributed by atoms with Crippen LogP contribution < -0.4 is 12.4 Å². The Morgan fingerprint density at radius 2 is 2.36 bits per heavy atom. The van der Waals surface area contributed by atoms with Gasteiger partial charge in [-0.05, 0) is 0 Å². The topological polar surface area (TPSA) is 40.3 Å². The quantitative estimate of drug-likeness (QED) is 0.462. The summed E-state index contributed by atoms with van der Waals surface area (Å²) in [7, 11) is 1.81. The maximum Gasteiger partial charge on any atom is 0.373 e. The number of hydrogen-bond donors (Lipinski definition) is 1. The van der Waals surface area contributed by atoms with Crippen molar-refractivity contribution in [1.29, 1.82) is 0 Å². The molecule has 0 aromatic carbocycles. The summed E-state index contributed by atoms with van der Waals surface area (Å²) in [5.74, 6) is -0.0515. The predicted molar refractivity (Wildman–Crippen MR) is 40.7 cm³/mol. The lowest BCUT2D eigenvalue weighted by atomic mass is 10.3. The Kier molecular flexibility index (Phi) is 3.89. The molecule has 64 valence electrons. The second kappa shape index (κ2) is 3.97. The second-order valence-corrected chi connectivity index (χ2v) is 3.51. The fraction of sp³-hybridized carbons (Fsp3) is 0.667. The number of hydrogen-bond acceptors (Lipinski definition) is 2. The molecule has 1 rings (SSSR count). The molecule has 0 aliphatic carbocycles. The van der Waals surface area contributed by atoms with Gasteiger partial charge in [0.1, 0.15) is 7.05 Å². The van der Waals surface area contributed by atoms with E-state index in [2.05, 4.69) is 0 Å². The van der Waals surface area contributed by atoms with Gasteiger partial charge in [-0.15, -0.1) is 0 Å². The molecule has 0 amide bonds. The Morgan fingerprint density at radius 1 is 1.82 bits per heavy atom. The first-order valence-corrected chi connectivity index (χ1v) is 4.03. The first kappa shape index (κ1) is 10.8. The van der Waals surface area contributed by atoms with Crippen molar-refractivity contribution in [2.45, 2.75) is 13.0 Å².